The summed E-state index contributed by atoms with van der Waals surface area (Å²) in [6.45, 7) is 4.04. The van der Waals surface area contributed by atoms with Crippen LogP contribution in [0, 0.1) is 0 Å². The highest BCUT2D eigenvalue weighted by molar-refractivity contribution is 7.84. The van der Waals surface area contributed by atoms with E-state index in [0.717, 1.165) is 12.0 Å². The molecule has 0 aliphatic carbocycles. The van der Waals surface area contributed by atoms with Crippen molar-refractivity contribution in [2.24, 2.45) is 0 Å². The second-order valence-electron chi connectivity index (χ2n) is 4.99. The predicted octanol–water partition coefficient (Wildman–Crippen LogP) is 1.35. The Morgan fingerprint density at radius 1 is 1.33 bits per heavy atom. The summed E-state index contributed by atoms with van der Waals surface area (Å²) < 4.78 is 11.2. The van der Waals surface area contributed by atoms with E-state index in [1.165, 1.54) is 5.56 Å². The number of carbonyl (C=O) groups is 1. The minimum Gasteiger partial charge on any atom is -0.394 e. The lowest BCUT2D eigenvalue weighted by Crippen LogP contribution is -2.42. The SMILES string of the molecule is CCc1ccc(C(CO)NC(=O)NCC(C)S(C)=O)cc1. The maximum atomic E-state index is 11.8. The number of aryl methyl sites for hydroxylation is 1. The summed E-state index contributed by atoms with van der Waals surface area (Å²) in [5, 5.41) is 14.7. The van der Waals surface area contributed by atoms with Gasteiger partial charge in [-0.05, 0) is 24.5 Å². The van der Waals surface area contributed by atoms with Crippen LogP contribution >= 0.6 is 0 Å². The average molecular weight is 312 g/mol. The maximum Gasteiger partial charge on any atom is 0.315 e. The van der Waals surface area contributed by atoms with E-state index in [2.05, 4.69) is 17.6 Å². The molecule has 3 N–H and O–H groups in total. The molecule has 0 aliphatic heterocycles. The summed E-state index contributed by atoms with van der Waals surface area (Å²) in [6.07, 6.45) is 2.56. The van der Waals surface area contributed by atoms with E-state index in [1.54, 1.807) is 6.26 Å². The van der Waals surface area contributed by atoms with Crippen LogP contribution < -0.4 is 10.6 Å². The normalized spacial score (nSPS) is 15.0. The Balaban J connectivity index is 2.56. The molecule has 21 heavy (non-hydrogen) atoms. The summed E-state index contributed by atoms with van der Waals surface area (Å²) in [6, 6.07) is 6.97. The molecule has 1 aromatic rings. The number of hydrogen-bond donors (Lipinski definition) is 3. The van der Waals surface area contributed by atoms with E-state index in [-0.39, 0.29) is 17.9 Å². The number of aliphatic hydroxyl groups is 1. The monoisotopic (exact) mass is 312 g/mol. The predicted molar refractivity (Wildman–Crippen MR) is 85.7 cm³/mol. The molecule has 0 heterocycles. The largest absolute Gasteiger partial charge is 0.394 e. The Morgan fingerprint density at radius 2 is 1.95 bits per heavy atom. The summed E-state index contributed by atoms with van der Waals surface area (Å²) in [5.41, 5.74) is 2.07. The van der Waals surface area contributed by atoms with Crippen LogP contribution in [0.4, 0.5) is 4.79 Å². The van der Waals surface area contributed by atoms with Crippen molar-refractivity contribution in [2.75, 3.05) is 19.4 Å². The van der Waals surface area contributed by atoms with Crippen LogP contribution in [0.2, 0.25) is 0 Å². The van der Waals surface area contributed by atoms with E-state index < -0.39 is 16.8 Å². The molecular formula is C15H24N2O3S. The molecule has 0 fully saturated rings. The molecule has 0 saturated heterocycles. The Labute approximate surface area is 128 Å². The van der Waals surface area contributed by atoms with Crippen LogP contribution in [0.5, 0.6) is 0 Å². The topological polar surface area (TPSA) is 78.4 Å². The van der Waals surface area contributed by atoms with Crippen molar-refractivity contribution in [3.05, 3.63) is 35.4 Å². The van der Waals surface area contributed by atoms with Gasteiger partial charge in [0.1, 0.15) is 0 Å². The molecule has 0 bridgehead atoms. The zero-order valence-corrected chi connectivity index (χ0v) is 13.6. The Hall–Kier alpha value is -1.40. The lowest BCUT2D eigenvalue weighted by Gasteiger charge is -2.18. The Morgan fingerprint density at radius 3 is 2.43 bits per heavy atom. The van der Waals surface area contributed by atoms with Crippen molar-refractivity contribution < 1.29 is 14.1 Å². The fraction of sp³-hybridized carbons (Fsp3) is 0.533. The van der Waals surface area contributed by atoms with Gasteiger partial charge in [0, 0.05) is 28.9 Å². The summed E-state index contributed by atoms with van der Waals surface area (Å²) in [4.78, 5) is 11.8. The molecular weight excluding hydrogens is 288 g/mol. The molecule has 3 unspecified atom stereocenters. The molecule has 0 saturated carbocycles. The lowest BCUT2D eigenvalue weighted by molar-refractivity contribution is 0.217. The number of amides is 2. The number of nitrogens with one attached hydrogen (secondary N) is 2. The molecule has 0 aliphatic rings. The fourth-order valence-electron chi connectivity index (χ4n) is 1.78. The van der Waals surface area contributed by atoms with Crippen LogP contribution in [0.15, 0.2) is 24.3 Å². The number of hydrogen-bond acceptors (Lipinski definition) is 3. The van der Waals surface area contributed by atoms with Crippen molar-refractivity contribution in [3.63, 3.8) is 0 Å². The van der Waals surface area contributed by atoms with Gasteiger partial charge in [-0.25, -0.2) is 4.79 Å². The van der Waals surface area contributed by atoms with Gasteiger partial charge in [0.25, 0.3) is 0 Å². The second kappa shape index (κ2) is 8.79. The Kier molecular flexibility index (Phi) is 7.39. The van der Waals surface area contributed by atoms with Crippen LogP contribution in [0.1, 0.15) is 31.0 Å². The van der Waals surface area contributed by atoms with Crippen molar-refractivity contribution in [3.8, 4) is 0 Å². The van der Waals surface area contributed by atoms with Crippen LogP contribution in [0.25, 0.3) is 0 Å². The maximum absolute atomic E-state index is 11.8. The second-order valence-corrected chi connectivity index (χ2v) is 6.80. The number of aliphatic hydroxyl groups excluding tert-OH is 1. The molecule has 0 spiro atoms. The summed E-state index contributed by atoms with van der Waals surface area (Å²) in [5.74, 6) is 0. The van der Waals surface area contributed by atoms with Gasteiger partial charge >= 0.3 is 6.03 Å². The van der Waals surface area contributed by atoms with Gasteiger partial charge in [-0.1, -0.05) is 31.2 Å². The first-order chi connectivity index (χ1) is 9.97. The third-order valence-corrected chi connectivity index (χ3v) is 4.69. The first-order valence-corrected chi connectivity index (χ1v) is 8.66. The number of benzene rings is 1. The summed E-state index contributed by atoms with van der Waals surface area (Å²) in [7, 11) is -0.973. The van der Waals surface area contributed by atoms with E-state index in [4.69, 9.17) is 0 Å². The lowest BCUT2D eigenvalue weighted by atomic mass is 10.0. The Bertz CT molecular complexity index is 476. The molecule has 5 nitrogen and oxygen atoms in total. The molecule has 1 aromatic carbocycles. The van der Waals surface area contributed by atoms with Crippen LogP contribution in [-0.2, 0) is 17.2 Å². The van der Waals surface area contributed by atoms with Crippen molar-refractivity contribution in [2.45, 2.75) is 31.6 Å². The minimum atomic E-state index is -0.973. The molecule has 1 rings (SSSR count). The highest BCUT2D eigenvalue weighted by Gasteiger charge is 2.14. The van der Waals surface area contributed by atoms with E-state index in [9.17, 15) is 14.1 Å². The van der Waals surface area contributed by atoms with E-state index in [0.29, 0.717) is 6.54 Å². The molecule has 118 valence electrons. The molecule has 0 radical (unpaired) electrons. The van der Waals surface area contributed by atoms with Gasteiger partial charge in [-0.3, -0.25) is 4.21 Å². The molecule has 6 heteroatoms. The van der Waals surface area contributed by atoms with Crippen LogP contribution in [0.3, 0.4) is 0 Å². The minimum absolute atomic E-state index is 0.104. The zero-order valence-electron chi connectivity index (χ0n) is 12.8. The van der Waals surface area contributed by atoms with Gasteiger partial charge in [0.15, 0.2) is 0 Å². The van der Waals surface area contributed by atoms with Crippen molar-refractivity contribution in [1.29, 1.82) is 0 Å². The fourth-order valence-corrected chi connectivity index (χ4v) is 2.10. The summed E-state index contributed by atoms with van der Waals surface area (Å²) >= 11 is 0. The van der Waals surface area contributed by atoms with E-state index in [1.807, 2.05) is 31.2 Å². The van der Waals surface area contributed by atoms with E-state index >= 15 is 0 Å². The highest BCUT2D eigenvalue weighted by atomic mass is 32.2. The average Bonchev–Trinajstić information content (AvgIpc) is 2.50. The zero-order chi connectivity index (χ0) is 15.8. The van der Waals surface area contributed by atoms with Gasteiger partial charge in [-0.2, -0.15) is 0 Å². The van der Waals surface area contributed by atoms with Gasteiger partial charge in [0.05, 0.1) is 12.6 Å². The molecule has 0 aromatic heterocycles. The smallest absolute Gasteiger partial charge is 0.315 e. The highest BCUT2D eigenvalue weighted by Crippen LogP contribution is 2.13. The van der Waals surface area contributed by atoms with Gasteiger partial charge in [-0.15, -0.1) is 0 Å². The number of carbonyl (C=O) groups excluding carboxylic acids is 1. The third kappa shape index (κ3) is 5.85. The first kappa shape index (κ1) is 17.7. The number of rotatable bonds is 7. The first-order valence-electron chi connectivity index (χ1n) is 7.04. The third-order valence-electron chi connectivity index (χ3n) is 3.39. The van der Waals surface area contributed by atoms with Crippen LogP contribution in [-0.4, -0.2) is 40.0 Å². The quantitative estimate of drug-likeness (QED) is 0.711. The van der Waals surface area contributed by atoms with Crippen molar-refractivity contribution in [1.82, 2.24) is 10.6 Å². The standard InChI is InChI=1S/C15H24N2O3S/c1-4-12-5-7-13(8-6-12)14(10-18)17-15(19)16-9-11(2)21(3)20/h5-8,11,14,18H,4,9-10H2,1-3H3,(H2,16,17,19). The molecule has 2 amide bonds. The van der Waals surface area contributed by atoms with Gasteiger partial charge in [0.2, 0.25) is 0 Å². The van der Waals surface area contributed by atoms with Crippen molar-refractivity contribution >= 4 is 16.8 Å². The molecule has 3 atom stereocenters. The number of urea groups is 1. The van der Waals surface area contributed by atoms with Gasteiger partial charge < -0.3 is 15.7 Å².